The van der Waals surface area contributed by atoms with Crippen molar-refractivity contribution in [1.82, 2.24) is 29.9 Å². The number of benzene rings is 18. The van der Waals surface area contributed by atoms with Crippen molar-refractivity contribution in [3.8, 4) is 101 Å². The minimum Gasteiger partial charge on any atom is -0.437 e. The molecule has 0 saturated carbocycles. The number of aliphatic hydroxyl groups is 1. The van der Waals surface area contributed by atoms with Gasteiger partial charge in [-0.1, -0.05) is 366 Å². The zero-order valence-corrected chi connectivity index (χ0v) is 70.5. The number of aryl methyl sites for hydroxylation is 1. The Labute approximate surface area is 735 Å². The van der Waals surface area contributed by atoms with E-state index in [0.717, 1.165) is 165 Å². The molecular weight excluding hydrogens is 1570 g/mol. The van der Waals surface area contributed by atoms with Gasteiger partial charge < -0.3 is 18.4 Å². The van der Waals surface area contributed by atoms with Crippen LogP contribution < -0.4 is 0 Å². The van der Waals surface area contributed by atoms with E-state index in [9.17, 15) is 5.11 Å². The summed E-state index contributed by atoms with van der Waals surface area (Å²) in [6, 6.07) is 130. The van der Waals surface area contributed by atoms with E-state index in [1.165, 1.54) is 54.7 Å². The second-order valence-electron chi connectivity index (χ2n) is 33.6. The Kier molecular flexibility index (Phi) is 19.0. The van der Waals surface area contributed by atoms with Crippen molar-refractivity contribution in [2.24, 2.45) is 0 Å². The van der Waals surface area contributed by atoms with Gasteiger partial charge in [0, 0.05) is 71.6 Å². The van der Waals surface area contributed by atoms with Crippen LogP contribution in [0.1, 0.15) is 49.9 Å². The van der Waals surface area contributed by atoms with Gasteiger partial charge >= 0.3 is 6.15 Å². The van der Waals surface area contributed by atoms with Gasteiger partial charge in [0.25, 0.3) is 0 Å². The molecule has 0 saturated heterocycles. The van der Waals surface area contributed by atoms with Gasteiger partial charge in [-0.25, -0.2) is 15.0 Å². The highest BCUT2D eigenvalue weighted by atomic mass is 16.3. The van der Waals surface area contributed by atoms with Crippen molar-refractivity contribution in [2.45, 2.75) is 45.6 Å². The molecule has 0 bridgehead atoms. The first-order valence-corrected chi connectivity index (χ1v) is 42.8. The van der Waals surface area contributed by atoms with E-state index in [0.29, 0.717) is 34.6 Å². The second kappa shape index (κ2) is 31.4. The standard InChI is InChI=1S/C39H28N2O2.C39H26N2O.C37H24N2O.CO2/c1-39(2,42)33-22-11-10-19-29(33)30-20-12-21-31-34-35(24-13-4-3-5-14-24)40-37(41-38(34)43-36(30)31)32-23-25-15-6-7-16-26(25)27-17-8-9-18-28(27)32;1-39(2)31-19-11-10-18-28(31)33-32(39)21-20-29-34-35(23-12-4-3-5-13-23)40-37(41-38(34)42-36(29)33)30-22-24-14-6-7-15-25(24)26-16-8-9-17-27(26)30;1-23-12-5-7-16-26(23)30-20-11-21-31-33-34(24-13-3-2-4-14-24)38-36(39-37(33)40-35(30)31)32-22-25-15-6-8-17-27(25)28-18-9-10-19-29(28)32;2-1-3/h3-23,42H,1-2H3;3-22H,1-2H3;2-22H,1H3;. The monoisotopic (exact) mass is 1650 g/mol. The van der Waals surface area contributed by atoms with E-state index in [1.54, 1.807) is 0 Å². The molecule has 18 aromatic carbocycles. The Bertz CT molecular complexity index is 8640. The molecule has 6 heterocycles. The van der Waals surface area contributed by atoms with E-state index in [4.69, 9.17) is 52.7 Å². The normalized spacial score (nSPS) is 12.2. The van der Waals surface area contributed by atoms with Crippen molar-refractivity contribution in [3.63, 3.8) is 0 Å². The molecule has 0 aliphatic heterocycles. The summed E-state index contributed by atoms with van der Waals surface area (Å²) >= 11 is 0. The molecule has 25 rings (SSSR count). The molecule has 6 aromatic heterocycles. The quantitative estimate of drug-likeness (QED) is 0.136. The van der Waals surface area contributed by atoms with E-state index < -0.39 is 5.60 Å². The fraction of sp³-hybridized carbons (Fsp3) is 0.0603. The largest absolute Gasteiger partial charge is 0.437 e. The summed E-state index contributed by atoms with van der Waals surface area (Å²) in [6.45, 7) is 10.3. The fourth-order valence-electron chi connectivity index (χ4n) is 19.4. The van der Waals surface area contributed by atoms with Gasteiger partial charge in [-0.05, 0) is 149 Å². The molecule has 0 unspecified atom stereocenters. The van der Waals surface area contributed by atoms with E-state index >= 15 is 0 Å². The Morgan fingerprint density at radius 2 is 0.594 bits per heavy atom. The molecule has 0 radical (unpaired) electrons. The van der Waals surface area contributed by atoms with Crippen molar-refractivity contribution >= 4 is 137 Å². The van der Waals surface area contributed by atoms with E-state index in [-0.39, 0.29) is 11.6 Å². The lowest BCUT2D eigenvalue weighted by molar-refractivity contribution is -0.191. The van der Waals surface area contributed by atoms with Crippen LogP contribution in [0.4, 0.5) is 0 Å². The highest BCUT2D eigenvalue weighted by Crippen LogP contribution is 2.54. The Hall–Kier alpha value is -16.5. The zero-order chi connectivity index (χ0) is 86.5. The van der Waals surface area contributed by atoms with E-state index in [1.807, 2.05) is 80.6 Å². The van der Waals surface area contributed by atoms with Gasteiger partial charge in [0.2, 0.25) is 17.1 Å². The van der Waals surface area contributed by atoms with Crippen LogP contribution in [0.15, 0.2) is 389 Å². The number of nitrogens with zero attached hydrogens (tertiary/aromatic N) is 6. The summed E-state index contributed by atoms with van der Waals surface area (Å²) < 4.78 is 20.2. The van der Waals surface area contributed by atoms with Gasteiger partial charge in [0.15, 0.2) is 17.5 Å². The summed E-state index contributed by atoms with van der Waals surface area (Å²) in [5, 5.41) is 30.8. The maximum Gasteiger partial charge on any atom is 0.373 e. The van der Waals surface area contributed by atoms with Crippen LogP contribution in [-0.4, -0.2) is 41.2 Å². The minimum absolute atomic E-state index is 0.109. The fourth-order valence-corrected chi connectivity index (χ4v) is 19.4. The topological polar surface area (TPSA) is 171 Å². The van der Waals surface area contributed by atoms with Gasteiger partial charge in [0.05, 0.1) is 38.8 Å². The summed E-state index contributed by atoms with van der Waals surface area (Å²) in [4.78, 5) is 47.5. The Balaban J connectivity index is 0.000000111. The molecule has 12 heteroatoms. The molecule has 24 aromatic rings. The first-order chi connectivity index (χ1) is 62.7. The summed E-state index contributed by atoms with van der Waals surface area (Å²) in [7, 11) is 0. The number of hydrogen-bond donors (Lipinski definition) is 1. The maximum atomic E-state index is 11.0. The van der Waals surface area contributed by atoms with Crippen molar-refractivity contribution in [2.75, 3.05) is 0 Å². The molecule has 0 spiro atoms. The number of carbonyl (C=O) groups excluding carboxylic acids is 2. The SMILES string of the molecule is CC(C)(O)c1ccccc1-c1cccc2c1oc1nc(-c3cc4ccccc4c4ccccc34)nc(-c3ccccc3)c12.CC1(C)c2ccccc2-c2c1ccc1c2oc2nc(-c3cc4ccccc4c4ccccc34)nc(-c3ccccc3)c21.Cc1ccccc1-c1cccc2c1oc1nc(-c3cc4ccccc4c4ccccc34)nc(-c3ccccc3)c12.O=C=O. The third-order valence-electron chi connectivity index (χ3n) is 25.2. The van der Waals surface area contributed by atoms with Crippen LogP contribution in [0.25, 0.3) is 232 Å². The smallest absolute Gasteiger partial charge is 0.373 e. The molecule has 128 heavy (non-hydrogen) atoms. The maximum absolute atomic E-state index is 11.0. The van der Waals surface area contributed by atoms with Crippen molar-refractivity contribution in [3.05, 3.63) is 398 Å². The molecular formula is C116H78N6O6. The van der Waals surface area contributed by atoms with Crippen LogP contribution in [0.5, 0.6) is 0 Å². The number of rotatable bonds is 9. The molecule has 1 N–H and O–H groups in total. The lowest BCUT2D eigenvalue weighted by atomic mass is 9.82. The Morgan fingerprint density at radius 3 is 1.01 bits per heavy atom. The van der Waals surface area contributed by atoms with E-state index in [2.05, 4.69) is 330 Å². The molecule has 0 atom stereocenters. The van der Waals surface area contributed by atoms with Gasteiger partial charge in [-0.2, -0.15) is 24.5 Å². The number of hydrogen-bond acceptors (Lipinski definition) is 12. The second-order valence-corrected chi connectivity index (χ2v) is 33.6. The average molecular weight is 1650 g/mol. The molecule has 1 aliphatic carbocycles. The first kappa shape index (κ1) is 77.5. The highest BCUT2D eigenvalue weighted by Gasteiger charge is 2.38. The van der Waals surface area contributed by atoms with Crippen LogP contribution in [0, 0.1) is 6.92 Å². The van der Waals surface area contributed by atoms with Gasteiger partial charge in [0.1, 0.15) is 16.7 Å². The van der Waals surface area contributed by atoms with Gasteiger partial charge in [-0.3, -0.25) is 0 Å². The molecule has 1 aliphatic rings. The zero-order valence-electron chi connectivity index (χ0n) is 70.5. The number of aromatic nitrogens is 6. The van der Waals surface area contributed by atoms with Crippen LogP contribution in [-0.2, 0) is 20.6 Å². The van der Waals surface area contributed by atoms with Crippen LogP contribution in [0.2, 0.25) is 0 Å². The van der Waals surface area contributed by atoms with Gasteiger partial charge in [-0.15, -0.1) is 0 Å². The van der Waals surface area contributed by atoms with Crippen molar-refractivity contribution < 1.29 is 27.9 Å². The highest BCUT2D eigenvalue weighted by molar-refractivity contribution is 6.21. The molecule has 12 nitrogen and oxygen atoms in total. The third kappa shape index (κ3) is 13.1. The first-order valence-electron chi connectivity index (χ1n) is 42.8. The lowest BCUT2D eigenvalue weighted by Gasteiger charge is -2.21. The summed E-state index contributed by atoms with van der Waals surface area (Å²) in [5.74, 6) is 1.94. The molecule has 0 amide bonds. The lowest BCUT2D eigenvalue weighted by Crippen LogP contribution is -2.16. The average Bonchev–Trinajstić information content (AvgIpc) is 1.55. The Morgan fingerprint density at radius 1 is 0.281 bits per heavy atom. The van der Waals surface area contributed by atoms with Crippen molar-refractivity contribution in [1.29, 1.82) is 0 Å². The predicted molar refractivity (Wildman–Crippen MR) is 519 cm³/mol. The number of para-hydroxylation sites is 2. The number of furan rings is 3. The molecule has 0 fully saturated rings. The summed E-state index contributed by atoms with van der Waals surface area (Å²) in [6.07, 6.45) is 0.250. The summed E-state index contributed by atoms with van der Waals surface area (Å²) in [5.41, 5.74) is 22.7. The van der Waals surface area contributed by atoms with Crippen LogP contribution >= 0.6 is 0 Å². The third-order valence-corrected chi connectivity index (χ3v) is 25.2. The molecule has 608 valence electrons. The predicted octanol–water partition coefficient (Wildman–Crippen LogP) is 29.6. The van der Waals surface area contributed by atoms with Crippen LogP contribution in [0.3, 0.4) is 0 Å². The number of fused-ring (bicyclic) bond motifs is 22. The minimum atomic E-state index is -1.02.